The molecule has 2 aliphatic rings. The highest BCUT2D eigenvalue weighted by Crippen LogP contribution is 2.30. The molecule has 3 heterocycles. The van der Waals surface area contributed by atoms with E-state index in [0.29, 0.717) is 30.4 Å². The molecule has 0 aliphatic carbocycles. The average Bonchev–Trinajstić information content (AvgIpc) is 3.18. The molecule has 1 amide bonds. The van der Waals surface area contributed by atoms with Crippen LogP contribution in [-0.4, -0.2) is 51.0 Å². The van der Waals surface area contributed by atoms with Gasteiger partial charge in [0.05, 0.1) is 6.54 Å². The predicted octanol–water partition coefficient (Wildman–Crippen LogP) is 2.24. The minimum Gasteiger partial charge on any atom is -0.338 e. The van der Waals surface area contributed by atoms with Crippen molar-refractivity contribution in [1.29, 1.82) is 0 Å². The van der Waals surface area contributed by atoms with Crippen LogP contribution in [0.4, 0.5) is 0 Å². The summed E-state index contributed by atoms with van der Waals surface area (Å²) in [7, 11) is 0. The van der Waals surface area contributed by atoms with E-state index >= 15 is 0 Å². The number of rotatable bonds is 5. The summed E-state index contributed by atoms with van der Waals surface area (Å²) in [6, 6.07) is 0.787. The molecule has 2 fully saturated rings. The van der Waals surface area contributed by atoms with Crippen LogP contribution in [0.1, 0.15) is 58.2 Å². The quantitative estimate of drug-likeness (QED) is 0.832. The molecule has 0 radical (unpaired) electrons. The highest BCUT2D eigenvalue weighted by atomic mass is 16.5. The Morgan fingerprint density at radius 2 is 2.00 bits per heavy atom. The molecular formula is C17H28N4O2. The summed E-state index contributed by atoms with van der Waals surface area (Å²) in [6.07, 6.45) is 5.42. The lowest BCUT2D eigenvalue weighted by atomic mass is 10.0. The van der Waals surface area contributed by atoms with Crippen molar-refractivity contribution >= 4 is 5.91 Å². The van der Waals surface area contributed by atoms with Crippen LogP contribution < -0.4 is 0 Å². The lowest BCUT2D eigenvalue weighted by Crippen LogP contribution is -2.47. The Kier molecular flexibility index (Phi) is 4.99. The maximum atomic E-state index is 11.9. The lowest BCUT2D eigenvalue weighted by Gasteiger charge is -2.33. The average molecular weight is 320 g/mol. The number of hydrogen-bond acceptors (Lipinski definition) is 5. The molecule has 0 spiro atoms. The van der Waals surface area contributed by atoms with Crippen molar-refractivity contribution in [1.82, 2.24) is 19.9 Å². The monoisotopic (exact) mass is 320 g/mol. The first-order valence-corrected chi connectivity index (χ1v) is 8.87. The number of likely N-dealkylation sites (tertiary alicyclic amines) is 2. The van der Waals surface area contributed by atoms with E-state index in [1.165, 1.54) is 6.42 Å². The maximum Gasteiger partial charge on any atom is 0.240 e. The second-order valence-electron chi connectivity index (χ2n) is 7.30. The second-order valence-corrected chi connectivity index (χ2v) is 7.30. The molecule has 2 aliphatic heterocycles. The van der Waals surface area contributed by atoms with Crippen LogP contribution in [-0.2, 0) is 17.8 Å². The highest BCUT2D eigenvalue weighted by Gasteiger charge is 2.39. The first kappa shape index (κ1) is 16.4. The van der Waals surface area contributed by atoms with Gasteiger partial charge in [-0.1, -0.05) is 19.0 Å². The fourth-order valence-corrected chi connectivity index (χ4v) is 4.04. The zero-order valence-corrected chi connectivity index (χ0v) is 14.5. The Morgan fingerprint density at radius 1 is 1.26 bits per heavy atom. The minimum absolute atomic E-state index is 0.205. The Balaban J connectivity index is 1.65. The third-order valence-electron chi connectivity index (χ3n) is 5.00. The molecule has 0 N–H and O–H groups in total. The van der Waals surface area contributed by atoms with Crippen molar-refractivity contribution < 1.29 is 9.32 Å². The first-order valence-electron chi connectivity index (χ1n) is 8.87. The molecular weight excluding hydrogens is 292 g/mol. The molecule has 2 atom stereocenters. The van der Waals surface area contributed by atoms with Crippen molar-refractivity contribution in [3.8, 4) is 0 Å². The molecule has 0 bridgehead atoms. The van der Waals surface area contributed by atoms with Crippen LogP contribution in [0.2, 0.25) is 0 Å². The molecule has 1 aromatic heterocycles. The second kappa shape index (κ2) is 6.99. The van der Waals surface area contributed by atoms with Gasteiger partial charge in [0, 0.05) is 32.0 Å². The van der Waals surface area contributed by atoms with Crippen LogP contribution in [0.5, 0.6) is 0 Å². The van der Waals surface area contributed by atoms with Crippen LogP contribution >= 0.6 is 0 Å². The van der Waals surface area contributed by atoms with E-state index in [0.717, 1.165) is 44.6 Å². The van der Waals surface area contributed by atoms with E-state index in [1.54, 1.807) is 6.92 Å². The van der Waals surface area contributed by atoms with Crippen molar-refractivity contribution in [2.75, 3.05) is 13.1 Å². The minimum atomic E-state index is 0.205. The predicted molar refractivity (Wildman–Crippen MR) is 86.7 cm³/mol. The molecule has 128 valence electrons. The fourth-order valence-electron chi connectivity index (χ4n) is 4.04. The van der Waals surface area contributed by atoms with Gasteiger partial charge in [-0.25, -0.2) is 0 Å². The van der Waals surface area contributed by atoms with E-state index in [-0.39, 0.29) is 5.91 Å². The van der Waals surface area contributed by atoms with E-state index in [4.69, 9.17) is 4.52 Å². The van der Waals surface area contributed by atoms with Crippen LogP contribution in [0.15, 0.2) is 4.52 Å². The highest BCUT2D eigenvalue weighted by molar-refractivity contribution is 5.74. The summed E-state index contributed by atoms with van der Waals surface area (Å²) < 4.78 is 5.43. The number of carbonyl (C=O) groups excluding carboxylic acids is 1. The zero-order valence-electron chi connectivity index (χ0n) is 14.5. The number of aromatic nitrogens is 2. The standard InChI is InChI=1S/C17H28N4O2/c1-12(2)10-16-18-17(23-19-16)11-20-8-4-6-14(20)15-7-5-9-21(15)13(3)22/h12,14-15H,4-11H2,1-3H3. The molecule has 2 saturated heterocycles. The van der Waals surface area contributed by atoms with Crippen molar-refractivity contribution in [2.24, 2.45) is 5.92 Å². The van der Waals surface area contributed by atoms with E-state index in [1.807, 2.05) is 0 Å². The molecule has 2 unspecified atom stereocenters. The zero-order chi connectivity index (χ0) is 16.4. The molecule has 3 rings (SSSR count). The Labute approximate surface area is 138 Å². The van der Waals surface area contributed by atoms with Crippen molar-refractivity contribution in [2.45, 2.75) is 71.5 Å². The summed E-state index contributed by atoms with van der Waals surface area (Å²) in [5, 5.41) is 4.09. The topological polar surface area (TPSA) is 62.5 Å². The van der Waals surface area contributed by atoms with Gasteiger partial charge >= 0.3 is 0 Å². The van der Waals surface area contributed by atoms with E-state index in [2.05, 4.69) is 33.8 Å². The Morgan fingerprint density at radius 3 is 2.74 bits per heavy atom. The summed E-state index contributed by atoms with van der Waals surface area (Å²) in [4.78, 5) is 20.9. The van der Waals surface area contributed by atoms with Gasteiger partial charge in [0.1, 0.15) is 0 Å². The maximum absolute atomic E-state index is 11.9. The van der Waals surface area contributed by atoms with Crippen LogP contribution in [0.25, 0.3) is 0 Å². The van der Waals surface area contributed by atoms with Crippen LogP contribution in [0.3, 0.4) is 0 Å². The van der Waals surface area contributed by atoms with Gasteiger partial charge in [0.25, 0.3) is 0 Å². The third-order valence-corrected chi connectivity index (χ3v) is 5.00. The molecule has 0 aromatic carbocycles. The number of nitrogens with zero attached hydrogens (tertiary/aromatic N) is 4. The summed E-state index contributed by atoms with van der Waals surface area (Å²) in [5.74, 6) is 2.25. The normalized spacial score (nSPS) is 25.7. The Hall–Kier alpha value is -1.43. The van der Waals surface area contributed by atoms with Gasteiger partial charge in [0.2, 0.25) is 11.8 Å². The first-order chi connectivity index (χ1) is 11.0. The lowest BCUT2D eigenvalue weighted by molar-refractivity contribution is -0.130. The van der Waals surface area contributed by atoms with Gasteiger partial charge in [-0.05, 0) is 38.1 Å². The fraction of sp³-hybridized carbons (Fsp3) is 0.824. The largest absolute Gasteiger partial charge is 0.338 e. The van der Waals surface area contributed by atoms with Gasteiger partial charge in [-0.2, -0.15) is 4.98 Å². The third kappa shape index (κ3) is 3.74. The van der Waals surface area contributed by atoms with Gasteiger partial charge in [-0.3, -0.25) is 9.69 Å². The molecule has 6 heteroatoms. The molecule has 0 saturated carbocycles. The Bertz CT molecular complexity index is 542. The molecule has 23 heavy (non-hydrogen) atoms. The van der Waals surface area contributed by atoms with Crippen molar-refractivity contribution in [3.05, 3.63) is 11.7 Å². The number of hydrogen-bond donors (Lipinski definition) is 0. The van der Waals surface area contributed by atoms with Crippen molar-refractivity contribution in [3.63, 3.8) is 0 Å². The molecule has 6 nitrogen and oxygen atoms in total. The molecule has 1 aromatic rings. The summed E-state index contributed by atoms with van der Waals surface area (Å²) >= 11 is 0. The summed E-state index contributed by atoms with van der Waals surface area (Å²) in [5.41, 5.74) is 0. The summed E-state index contributed by atoms with van der Waals surface area (Å²) in [6.45, 7) is 8.66. The van der Waals surface area contributed by atoms with Gasteiger partial charge in [-0.15, -0.1) is 0 Å². The number of amides is 1. The van der Waals surface area contributed by atoms with Gasteiger partial charge < -0.3 is 9.42 Å². The van der Waals surface area contributed by atoms with Gasteiger partial charge in [0.15, 0.2) is 5.82 Å². The smallest absolute Gasteiger partial charge is 0.240 e. The SMILES string of the molecule is CC(=O)N1CCCC1C1CCCN1Cc1nc(CC(C)C)no1. The van der Waals surface area contributed by atoms with E-state index in [9.17, 15) is 4.79 Å². The number of carbonyl (C=O) groups is 1. The van der Waals surface area contributed by atoms with Crippen LogP contribution in [0, 0.1) is 5.92 Å². The van der Waals surface area contributed by atoms with E-state index < -0.39 is 0 Å².